The van der Waals surface area contributed by atoms with Gasteiger partial charge in [-0.15, -0.1) is 0 Å². The number of rotatable bonds is 4. The van der Waals surface area contributed by atoms with Crippen molar-refractivity contribution in [2.45, 2.75) is 33.1 Å². The maximum absolute atomic E-state index is 11.9. The highest BCUT2D eigenvalue weighted by Crippen LogP contribution is 2.24. The lowest BCUT2D eigenvalue weighted by molar-refractivity contribution is -0.141. The topological polar surface area (TPSA) is 35.5 Å². The van der Waals surface area contributed by atoms with Crippen LogP contribution in [-0.2, 0) is 14.3 Å². The molecule has 0 aromatic heterocycles. The van der Waals surface area contributed by atoms with E-state index < -0.39 is 5.97 Å². The van der Waals surface area contributed by atoms with Crippen LogP contribution in [0.5, 0.6) is 0 Å². The van der Waals surface area contributed by atoms with Crippen molar-refractivity contribution in [2.24, 2.45) is 0 Å². The van der Waals surface area contributed by atoms with Gasteiger partial charge in [-0.3, -0.25) is 0 Å². The Kier molecular flexibility index (Phi) is 6.80. The fraction of sp³-hybridized carbons (Fsp3) is 0.500. The molecule has 0 amide bonds. The average molecular weight is 315 g/mol. The normalized spacial score (nSPS) is 24.9. The van der Waals surface area contributed by atoms with Crippen LogP contribution in [0.2, 0.25) is 0 Å². The van der Waals surface area contributed by atoms with Gasteiger partial charge in [-0.25, -0.2) is 4.79 Å². The molecule has 0 saturated heterocycles. The molecule has 1 aliphatic heterocycles. The molecule has 4 heteroatoms. The Morgan fingerprint density at radius 1 is 1.44 bits per heavy atom. The predicted molar refractivity (Wildman–Crippen MR) is 75.3 cm³/mol. The van der Waals surface area contributed by atoms with Gasteiger partial charge >= 0.3 is 5.97 Å². The lowest BCUT2D eigenvalue weighted by Crippen LogP contribution is -2.13. The Morgan fingerprint density at radius 3 is 2.83 bits per heavy atom. The summed E-state index contributed by atoms with van der Waals surface area (Å²) in [6.07, 6.45) is 8.38. The standard InChI is InChI=1S/C14H19BrO3/c1-3-11-8-6-5-7-9-18-13(12(11)10-15)14(16)17-4-2/h7-9H,3-6,10H2,1-2H3/b9-7+,11-8+,13-12-. The minimum atomic E-state index is -0.405. The Labute approximate surface area is 117 Å². The fourth-order valence-electron chi connectivity index (χ4n) is 1.75. The Bertz CT molecular complexity index is 381. The molecule has 0 unspecified atom stereocenters. The second kappa shape index (κ2) is 8.14. The Morgan fingerprint density at radius 2 is 2.22 bits per heavy atom. The third-order valence-electron chi connectivity index (χ3n) is 2.64. The van der Waals surface area contributed by atoms with Crippen molar-refractivity contribution in [3.8, 4) is 0 Å². The second-order valence-corrected chi connectivity index (χ2v) is 4.37. The molecule has 0 spiro atoms. The van der Waals surface area contributed by atoms with Gasteiger partial charge < -0.3 is 9.47 Å². The molecule has 0 radical (unpaired) electrons. The summed E-state index contributed by atoms with van der Waals surface area (Å²) in [7, 11) is 0. The first-order valence-corrected chi connectivity index (χ1v) is 7.34. The lowest BCUT2D eigenvalue weighted by atomic mass is 10.0. The summed E-state index contributed by atoms with van der Waals surface area (Å²) >= 11 is 3.43. The zero-order valence-electron chi connectivity index (χ0n) is 10.9. The number of carbonyl (C=O) groups excluding carboxylic acids is 1. The monoisotopic (exact) mass is 314 g/mol. The average Bonchev–Trinajstić information content (AvgIpc) is 2.47. The number of allylic oxidation sites excluding steroid dienone is 4. The van der Waals surface area contributed by atoms with Gasteiger partial charge in [0.1, 0.15) is 0 Å². The predicted octanol–water partition coefficient (Wildman–Crippen LogP) is 3.86. The SMILES string of the molecule is CCOC(=O)/C1=C(CBr)/C(CC)=C/CC/C=C/O1. The third kappa shape index (κ3) is 4.02. The van der Waals surface area contributed by atoms with Gasteiger partial charge in [0.05, 0.1) is 12.9 Å². The van der Waals surface area contributed by atoms with Crippen molar-refractivity contribution in [3.05, 3.63) is 35.3 Å². The summed E-state index contributed by atoms with van der Waals surface area (Å²) in [5, 5.41) is 0.578. The number of hydrogen-bond donors (Lipinski definition) is 0. The first-order valence-electron chi connectivity index (χ1n) is 6.21. The highest BCUT2D eigenvalue weighted by Gasteiger charge is 2.20. The summed E-state index contributed by atoms with van der Waals surface area (Å²) in [5.74, 6) is -0.113. The van der Waals surface area contributed by atoms with Crippen LogP contribution < -0.4 is 0 Å². The van der Waals surface area contributed by atoms with Gasteiger partial charge in [-0.1, -0.05) is 28.9 Å². The zero-order chi connectivity index (χ0) is 13.4. The van der Waals surface area contributed by atoms with Crippen LogP contribution in [0, 0.1) is 0 Å². The Balaban J connectivity index is 3.17. The smallest absolute Gasteiger partial charge is 0.374 e. The van der Waals surface area contributed by atoms with Crippen LogP contribution in [0.3, 0.4) is 0 Å². The molecule has 1 heterocycles. The van der Waals surface area contributed by atoms with Crippen molar-refractivity contribution in [1.29, 1.82) is 0 Å². The zero-order valence-corrected chi connectivity index (χ0v) is 12.5. The molecule has 3 nitrogen and oxygen atoms in total. The highest BCUT2D eigenvalue weighted by atomic mass is 79.9. The van der Waals surface area contributed by atoms with E-state index in [2.05, 4.69) is 28.9 Å². The third-order valence-corrected chi connectivity index (χ3v) is 3.20. The van der Waals surface area contributed by atoms with Crippen molar-refractivity contribution in [3.63, 3.8) is 0 Å². The van der Waals surface area contributed by atoms with Gasteiger partial charge in [0, 0.05) is 10.9 Å². The van der Waals surface area contributed by atoms with Gasteiger partial charge in [-0.2, -0.15) is 0 Å². The molecule has 100 valence electrons. The number of ether oxygens (including phenoxy) is 2. The minimum absolute atomic E-state index is 0.292. The lowest BCUT2D eigenvalue weighted by Gasteiger charge is -2.13. The van der Waals surface area contributed by atoms with E-state index in [0.717, 1.165) is 30.4 Å². The Hall–Kier alpha value is -1.03. The first kappa shape index (κ1) is 15.0. The molecule has 0 bridgehead atoms. The number of esters is 1. The van der Waals surface area contributed by atoms with Gasteiger partial charge in [0.2, 0.25) is 5.76 Å². The first-order chi connectivity index (χ1) is 8.74. The summed E-state index contributed by atoms with van der Waals surface area (Å²) < 4.78 is 10.5. The summed E-state index contributed by atoms with van der Waals surface area (Å²) in [4.78, 5) is 11.9. The molecule has 0 aliphatic carbocycles. The molecular formula is C14H19BrO3. The van der Waals surface area contributed by atoms with Crippen LogP contribution in [0.1, 0.15) is 33.1 Å². The molecule has 0 N–H and O–H groups in total. The highest BCUT2D eigenvalue weighted by molar-refractivity contribution is 9.09. The van der Waals surface area contributed by atoms with Crippen molar-refractivity contribution < 1.29 is 14.3 Å². The molecule has 0 atom stereocenters. The second-order valence-electron chi connectivity index (χ2n) is 3.81. The molecule has 18 heavy (non-hydrogen) atoms. The van der Waals surface area contributed by atoms with E-state index >= 15 is 0 Å². The number of halogens is 1. The van der Waals surface area contributed by atoms with E-state index in [9.17, 15) is 4.79 Å². The van der Waals surface area contributed by atoms with Crippen LogP contribution in [0.4, 0.5) is 0 Å². The summed E-state index contributed by atoms with van der Waals surface area (Å²) in [6, 6.07) is 0. The molecular weight excluding hydrogens is 296 g/mol. The van der Waals surface area contributed by atoms with Gasteiger partial charge in [-0.05, 0) is 37.8 Å². The van der Waals surface area contributed by atoms with Crippen molar-refractivity contribution in [2.75, 3.05) is 11.9 Å². The largest absolute Gasteiger partial charge is 0.460 e. The van der Waals surface area contributed by atoms with E-state index in [4.69, 9.17) is 9.47 Å². The van der Waals surface area contributed by atoms with E-state index in [1.165, 1.54) is 0 Å². The molecule has 0 fully saturated rings. The maximum Gasteiger partial charge on any atom is 0.374 e. The van der Waals surface area contributed by atoms with Crippen molar-refractivity contribution in [1.82, 2.24) is 0 Å². The summed E-state index contributed by atoms with van der Waals surface area (Å²) in [6.45, 7) is 4.20. The summed E-state index contributed by atoms with van der Waals surface area (Å²) in [5.41, 5.74) is 2.01. The fourth-order valence-corrected chi connectivity index (χ4v) is 2.37. The van der Waals surface area contributed by atoms with Gasteiger partial charge in [0.15, 0.2) is 0 Å². The van der Waals surface area contributed by atoms with E-state index in [1.54, 1.807) is 13.2 Å². The molecule has 1 rings (SSSR count). The van der Waals surface area contributed by atoms with Crippen LogP contribution in [0.15, 0.2) is 35.3 Å². The van der Waals surface area contributed by atoms with Gasteiger partial charge in [0.25, 0.3) is 0 Å². The molecule has 0 aromatic carbocycles. The van der Waals surface area contributed by atoms with Crippen LogP contribution >= 0.6 is 15.9 Å². The number of alkyl halides is 1. The van der Waals surface area contributed by atoms with E-state index in [0.29, 0.717) is 17.7 Å². The van der Waals surface area contributed by atoms with Crippen molar-refractivity contribution >= 4 is 21.9 Å². The molecule has 0 saturated carbocycles. The molecule has 0 aromatic rings. The van der Waals surface area contributed by atoms with E-state index in [1.807, 2.05) is 6.08 Å². The maximum atomic E-state index is 11.9. The minimum Gasteiger partial charge on any atom is -0.460 e. The molecule has 1 aliphatic rings. The van der Waals surface area contributed by atoms with E-state index in [-0.39, 0.29) is 0 Å². The van der Waals surface area contributed by atoms with Crippen LogP contribution in [0.25, 0.3) is 0 Å². The number of carbonyl (C=O) groups is 1. The number of hydrogen-bond acceptors (Lipinski definition) is 3. The quantitative estimate of drug-likeness (QED) is 0.584. The van der Waals surface area contributed by atoms with Crippen LogP contribution in [-0.4, -0.2) is 17.9 Å².